The predicted octanol–water partition coefficient (Wildman–Crippen LogP) is 6.29. The summed E-state index contributed by atoms with van der Waals surface area (Å²) >= 11 is 14.3. The molecular weight excluding hydrogens is 477 g/mol. The average Bonchev–Trinajstić information content (AvgIpc) is 3.24. The fraction of sp³-hybridized carbons (Fsp3) is 0.125. The van der Waals surface area contributed by atoms with Crippen molar-refractivity contribution in [2.45, 2.75) is 11.6 Å². The normalized spacial score (nSPS) is 12.8. The van der Waals surface area contributed by atoms with Gasteiger partial charge in [0, 0.05) is 17.9 Å². The summed E-state index contributed by atoms with van der Waals surface area (Å²) in [6.45, 7) is 0. The molecule has 33 heavy (non-hydrogen) atoms. The molecule has 1 aliphatic heterocycles. The number of thioether (sulfide) groups is 1. The van der Waals surface area contributed by atoms with Gasteiger partial charge in [-0.3, -0.25) is 0 Å². The first-order chi connectivity index (χ1) is 16.1. The zero-order valence-corrected chi connectivity index (χ0v) is 20.0. The molecule has 5 rings (SSSR count). The van der Waals surface area contributed by atoms with E-state index in [0.717, 1.165) is 45.0 Å². The summed E-state index contributed by atoms with van der Waals surface area (Å²) in [5.41, 5.74) is 4.61. The van der Waals surface area contributed by atoms with E-state index >= 15 is 0 Å². The van der Waals surface area contributed by atoms with Crippen LogP contribution in [0.25, 0.3) is 0 Å². The molecule has 4 aromatic rings. The highest BCUT2D eigenvalue weighted by Gasteiger charge is 2.21. The van der Waals surface area contributed by atoms with Gasteiger partial charge in [-0.1, -0.05) is 59.2 Å². The molecule has 2 heterocycles. The number of hydrogen-bond acceptors (Lipinski definition) is 6. The number of hydrogen-bond donors (Lipinski definition) is 1. The fourth-order valence-electron chi connectivity index (χ4n) is 3.52. The van der Waals surface area contributed by atoms with Crippen LogP contribution < -0.4 is 10.1 Å². The topological polar surface area (TPSA) is 64.3 Å². The Bertz CT molecular complexity index is 1320. The summed E-state index contributed by atoms with van der Waals surface area (Å²) in [5.74, 6) is 2.30. The van der Waals surface area contributed by atoms with Gasteiger partial charge in [0.15, 0.2) is 5.82 Å². The van der Waals surface area contributed by atoms with Crippen LogP contribution in [0.5, 0.6) is 5.75 Å². The maximum atomic E-state index is 6.36. The first kappa shape index (κ1) is 21.8. The molecule has 0 saturated heterocycles. The molecular formula is C24H19Cl2N5OS. The van der Waals surface area contributed by atoms with E-state index < -0.39 is 0 Å². The number of fused-ring (bicyclic) bond motifs is 1. The number of benzene rings is 3. The second-order valence-electron chi connectivity index (χ2n) is 7.33. The number of nitrogens with one attached hydrogen (secondary N) is 1. The molecule has 0 atom stereocenters. The van der Waals surface area contributed by atoms with Crippen LogP contribution in [0.1, 0.15) is 17.0 Å². The van der Waals surface area contributed by atoms with Gasteiger partial charge >= 0.3 is 0 Å². The standard InChI is InChI=1S/C24H19Cl2N5OS/c1-32-17-11-9-15(10-12-17)21-14-33-24-29-28-22(31(24)30-21)13-16-5-2-3-8-20(16)27-23-18(25)6-4-7-19(23)26/h2-12,27H,13-14H2,1H3. The van der Waals surface area contributed by atoms with E-state index in [0.29, 0.717) is 22.2 Å². The molecule has 0 saturated carbocycles. The van der Waals surface area contributed by atoms with E-state index in [9.17, 15) is 0 Å². The Morgan fingerprint density at radius 1 is 0.970 bits per heavy atom. The van der Waals surface area contributed by atoms with Crippen molar-refractivity contribution in [3.8, 4) is 5.75 Å². The van der Waals surface area contributed by atoms with Crippen LogP contribution in [-0.4, -0.2) is 33.4 Å². The Morgan fingerprint density at radius 2 is 1.73 bits per heavy atom. The van der Waals surface area contributed by atoms with Crippen molar-refractivity contribution in [1.82, 2.24) is 14.9 Å². The summed E-state index contributed by atoms with van der Waals surface area (Å²) in [5, 5.41) is 18.9. The van der Waals surface area contributed by atoms with Crippen LogP contribution in [0, 0.1) is 0 Å². The van der Waals surface area contributed by atoms with Crippen molar-refractivity contribution in [2.24, 2.45) is 5.10 Å². The molecule has 0 fully saturated rings. The number of nitrogens with zero attached hydrogens (tertiary/aromatic N) is 4. The molecule has 3 aromatic carbocycles. The number of para-hydroxylation sites is 2. The highest BCUT2D eigenvalue weighted by atomic mass is 35.5. The van der Waals surface area contributed by atoms with Gasteiger partial charge < -0.3 is 10.1 Å². The summed E-state index contributed by atoms with van der Waals surface area (Å²) in [7, 11) is 1.66. The van der Waals surface area contributed by atoms with Crippen molar-refractivity contribution in [3.63, 3.8) is 0 Å². The third-order valence-electron chi connectivity index (χ3n) is 5.25. The van der Waals surface area contributed by atoms with Gasteiger partial charge in [-0.2, -0.15) is 9.78 Å². The third kappa shape index (κ3) is 4.57. The summed E-state index contributed by atoms with van der Waals surface area (Å²) in [4.78, 5) is 0. The molecule has 1 aromatic heterocycles. The smallest absolute Gasteiger partial charge is 0.212 e. The second kappa shape index (κ2) is 9.47. The van der Waals surface area contributed by atoms with E-state index in [1.807, 2.05) is 59.3 Å². The summed E-state index contributed by atoms with van der Waals surface area (Å²) < 4.78 is 7.09. The molecule has 1 N–H and O–H groups in total. The van der Waals surface area contributed by atoms with Crippen LogP contribution in [0.2, 0.25) is 10.0 Å². The van der Waals surface area contributed by atoms with Gasteiger partial charge in [-0.15, -0.1) is 10.2 Å². The van der Waals surface area contributed by atoms with E-state index in [1.54, 1.807) is 31.0 Å². The van der Waals surface area contributed by atoms with Crippen molar-refractivity contribution in [3.05, 3.63) is 93.7 Å². The van der Waals surface area contributed by atoms with Crippen LogP contribution in [0.3, 0.4) is 0 Å². The summed E-state index contributed by atoms with van der Waals surface area (Å²) in [6, 6.07) is 21.3. The van der Waals surface area contributed by atoms with Crippen LogP contribution >= 0.6 is 35.0 Å². The van der Waals surface area contributed by atoms with Crippen molar-refractivity contribution in [2.75, 3.05) is 18.2 Å². The average molecular weight is 496 g/mol. The van der Waals surface area contributed by atoms with Gasteiger partial charge in [0.25, 0.3) is 0 Å². The van der Waals surface area contributed by atoms with Gasteiger partial charge in [-0.05, 0) is 53.6 Å². The molecule has 0 amide bonds. The first-order valence-corrected chi connectivity index (χ1v) is 11.9. The molecule has 166 valence electrons. The minimum Gasteiger partial charge on any atom is -0.497 e. The number of methoxy groups -OCH3 is 1. The van der Waals surface area contributed by atoms with Crippen LogP contribution in [-0.2, 0) is 6.42 Å². The minimum absolute atomic E-state index is 0.540. The van der Waals surface area contributed by atoms with Gasteiger partial charge in [-0.25, -0.2) is 0 Å². The maximum Gasteiger partial charge on any atom is 0.212 e. The Hall–Kier alpha value is -3.00. The Labute approximate surface area is 205 Å². The lowest BCUT2D eigenvalue weighted by Gasteiger charge is -2.16. The molecule has 6 nitrogen and oxygen atoms in total. The van der Waals surface area contributed by atoms with Gasteiger partial charge in [0.2, 0.25) is 5.16 Å². The molecule has 1 aliphatic rings. The lowest BCUT2D eigenvalue weighted by Crippen LogP contribution is -2.15. The van der Waals surface area contributed by atoms with Crippen molar-refractivity contribution >= 4 is 52.1 Å². The quantitative estimate of drug-likeness (QED) is 0.340. The zero-order valence-electron chi connectivity index (χ0n) is 17.6. The first-order valence-electron chi connectivity index (χ1n) is 10.2. The Morgan fingerprint density at radius 3 is 2.48 bits per heavy atom. The van der Waals surface area contributed by atoms with Gasteiger partial charge in [0.1, 0.15) is 5.75 Å². The van der Waals surface area contributed by atoms with E-state index in [2.05, 4.69) is 15.5 Å². The largest absolute Gasteiger partial charge is 0.497 e. The van der Waals surface area contributed by atoms with E-state index in [1.165, 1.54) is 0 Å². The predicted molar refractivity (Wildman–Crippen MR) is 135 cm³/mol. The Balaban J connectivity index is 1.45. The maximum absolute atomic E-state index is 6.36. The highest BCUT2D eigenvalue weighted by molar-refractivity contribution is 7.99. The van der Waals surface area contributed by atoms with E-state index in [4.69, 9.17) is 33.0 Å². The molecule has 9 heteroatoms. The molecule has 0 radical (unpaired) electrons. The lowest BCUT2D eigenvalue weighted by atomic mass is 10.1. The fourth-order valence-corrected chi connectivity index (χ4v) is 4.87. The number of rotatable bonds is 6. The van der Waals surface area contributed by atoms with Crippen LogP contribution in [0.4, 0.5) is 11.4 Å². The second-order valence-corrected chi connectivity index (χ2v) is 9.09. The van der Waals surface area contributed by atoms with E-state index in [-0.39, 0.29) is 0 Å². The zero-order chi connectivity index (χ0) is 22.8. The van der Waals surface area contributed by atoms with Crippen molar-refractivity contribution in [1.29, 1.82) is 0 Å². The highest BCUT2D eigenvalue weighted by Crippen LogP contribution is 2.34. The summed E-state index contributed by atoms with van der Waals surface area (Å²) in [6.07, 6.45) is 0.540. The molecule has 0 unspecified atom stereocenters. The van der Waals surface area contributed by atoms with Gasteiger partial charge in [0.05, 0.1) is 28.6 Å². The number of ether oxygens (including phenoxy) is 1. The minimum atomic E-state index is 0.540. The Kier molecular flexibility index (Phi) is 6.26. The monoisotopic (exact) mass is 495 g/mol. The number of halogens is 2. The molecule has 0 spiro atoms. The molecule has 0 bridgehead atoms. The van der Waals surface area contributed by atoms with Crippen molar-refractivity contribution < 1.29 is 4.74 Å². The lowest BCUT2D eigenvalue weighted by molar-refractivity contribution is 0.415. The number of anilines is 2. The van der Waals surface area contributed by atoms with Crippen LogP contribution in [0.15, 0.2) is 77.0 Å². The number of aromatic nitrogens is 3. The SMILES string of the molecule is COc1ccc(C2=Nn3c(Cc4ccccc4Nc4c(Cl)cccc4Cl)nnc3SC2)cc1. The molecule has 0 aliphatic carbocycles. The third-order valence-corrected chi connectivity index (χ3v) is 6.81.